The van der Waals surface area contributed by atoms with Crippen LogP contribution in [0.2, 0.25) is 0 Å². The van der Waals surface area contributed by atoms with E-state index in [0.29, 0.717) is 12.0 Å². The van der Waals surface area contributed by atoms with Crippen LogP contribution in [0.25, 0.3) is 10.9 Å². The van der Waals surface area contributed by atoms with Crippen LogP contribution in [0.15, 0.2) is 48.7 Å². The minimum Gasteiger partial charge on any atom is -0.357 e. The van der Waals surface area contributed by atoms with Crippen molar-refractivity contribution in [3.63, 3.8) is 0 Å². The molecular weight excluding hydrogens is 332 g/mol. The van der Waals surface area contributed by atoms with Crippen LogP contribution in [0.5, 0.6) is 0 Å². The molecule has 4 heteroatoms. The lowest BCUT2D eigenvalue weighted by molar-refractivity contribution is 0.154. The van der Waals surface area contributed by atoms with Gasteiger partial charge in [-0.1, -0.05) is 24.3 Å². The van der Waals surface area contributed by atoms with Crippen LogP contribution in [0, 0.1) is 11.8 Å². The van der Waals surface area contributed by atoms with Crippen LogP contribution < -0.4 is 5.73 Å². The number of rotatable bonds is 6. The highest BCUT2D eigenvalue weighted by molar-refractivity contribution is 5.80. The number of aromatic nitrogens is 2. The summed E-state index contributed by atoms with van der Waals surface area (Å²) in [5, 5.41) is 1.29. The predicted molar refractivity (Wildman–Crippen MR) is 109 cm³/mol. The number of benzene rings is 1. The molecule has 2 aromatic heterocycles. The first-order valence-corrected chi connectivity index (χ1v) is 10.3. The first-order valence-electron chi connectivity index (χ1n) is 10.3. The molecule has 140 valence electrons. The van der Waals surface area contributed by atoms with Gasteiger partial charge >= 0.3 is 0 Å². The molecule has 1 fully saturated rings. The first kappa shape index (κ1) is 17.0. The molecule has 0 bridgehead atoms. The average molecular weight is 361 g/mol. The van der Waals surface area contributed by atoms with Gasteiger partial charge in [-0.2, -0.15) is 0 Å². The van der Waals surface area contributed by atoms with Gasteiger partial charge in [0.05, 0.1) is 11.7 Å². The third-order valence-corrected chi connectivity index (χ3v) is 6.41. The summed E-state index contributed by atoms with van der Waals surface area (Å²) >= 11 is 0. The Hall–Kier alpha value is -2.17. The molecule has 0 aliphatic heterocycles. The molecule has 0 radical (unpaired) electrons. The van der Waals surface area contributed by atoms with Gasteiger partial charge in [0, 0.05) is 30.5 Å². The van der Waals surface area contributed by atoms with Crippen LogP contribution >= 0.6 is 0 Å². The maximum Gasteiger partial charge on any atom is 0.0607 e. The zero-order chi connectivity index (χ0) is 18.2. The maximum atomic E-state index is 5.92. The second kappa shape index (κ2) is 7.10. The minimum atomic E-state index is 0.417. The van der Waals surface area contributed by atoms with Gasteiger partial charge in [-0.05, 0) is 73.2 Å². The van der Waals surface area contributed by atoms with Gasteiger partial charge in [0.25, 0.3) is 0 Å². The molecule has 3 N–H and O–H groups in total. The van der Waals surface area contributed by atoms with E-state index in [-0.39, 0.29) is 0 Å². The molecule has 2 aliphatic rings. The maximum absolute atomic E-state index is 5.92. The van der Waals surface area contributed by atoms with Gasteiger partial charge in [0.1, 0.15) is 0 Å². The van der Waals surface area contributed by atoms with Crippen molar-refractivity contribution < 1.29 is 0 Å². The van der Waals surface area contributed by atoms with Crippen molar-refractivity contribution in [3.8, 4) is 0 Å². The Morgan fingerprint density at radius 1 is 1.15 bits per heavy atom. The summed E-state index contributed by atoms with van der Waals surface area (Å²) in [7, 11) is 0. The molecule has 27 heavy (non-hydrogen) atoms. The quantitative estimate of drug-likeness (QED) is 0.697. The molecular formula is C23H28N4. The third-order valence-electron chi connectivity index (χ3n) is 6.41. The second-order valence-corrected chi connectivity index (χ2v) is 8.26. The molecule has 2 heterocycles. The monoisotopic (exact) mass is 360 g/mol. The lowest BCUT2D eigenvalue weighted by Gasteiger charge is -2.35. The van der Waals surface area contributed by atoms with Crippen molar-refractivity contribution in [2.75, 3.05) is 13.1 Å². The molecule has 1 saturated carbocycles. The Balaban J connectivity index is 1.44. The summed E-state index contributed by atoms with van der Waals surface area (Å²) in [6.07, 6.45) is 6.84. The number of para-hydroxylation sites is 1. The zero-order valence-corrected chi connectivity index (χ0v) is 15.8. The standard InChI is InChI=1S/C23H28N4/c24-13-18-11-19(18)14-27(15-20-12-17-5-1-2-8-21(17)26-20)22-9-3-6-16-7-4-10-25-23(16)22/h1-2,4-5,7-8,10,12,18-19,22,26H,3,6,9,11,13-15,24H2/t18-,19?,22+/m1/s1. The lowest BCUT2D eigenvalue weighted by Crippen LogP contribution is -2.34. The van der Waals surface area contributed by atoms with Gasteiger partial charge in [0.2, 0.25) is 0 Å². The van der Waals surface area contributed by atoms with E-state index in [1.165, 1.54) is 47.1 Å². The largest absolute Gasteiger partial charge is 0.357 e. The minimum absolute atomic E-state index is 0.417. The van der Waals surface area contributed by atoms with Crippen LogP contribution in [0.1, 0.15) is 42.3 Å². The number of nitrogens with one attached hydrogen (secondary N) is 1. The molecule has 0 saturated heterocycles. The van der Waals surface area contributed by atoms with Crippen LogP contribution in [0.4, 0.5) is 0 Å². The summed E-state index contributed by atoms with van der Waals surface area (Å²) in [5.74, 6) is 1.45. The fourth-order valence-electron chi connectivity index (χ4n) is 4.80. The van der Waals surface area contributed by atoms with Crippen molar-refractivity contribution >= 4 is 10.9 Å². The van der Waals surface area contributed by atoms with Crippen molar-refractivity contribution in [1.29, 1.82) is 0 Å². The van der Waals surface area contributed by atoms with Gasteiger partial charge in [-0.25, -0.2) is 0 Å². The number of hydrogen-bond donors (Lipinski definition) is 2. The van der Waals surface area contributed by atoms with E-state index in [2.05, 4.69) is 52.3 Å². The van der Waals surface area contributed by atoms with E-state index < -0.39 is 0 Å². The predicted octanol–water partition coefficient (Wildman–Crippen LogP) is 4.04. The van der Waals surface area contributed by atoms with E-state index in [1.54, 1.807) is 0 Å². The van der Waals surface area contributed by atoms with Gasteiger partial charge in [0.15, 0.2) is 0 Å². The molecule has 0 spiro atoms. The van der Waals surface area contributed by atoms with Gasteiger partial charge < -0.3 is 10.7 Å². The SMILES string of the molecule is NC[C@H]1CC1CN(Cc1cc2ccccc2[nH]1)[C@H]1CCCc2cccnc21. The smallest absolute Gasteiger partial charge is 0.0607 e. The summed E-state index contributed by atoms with van der Waals surface area (Å²) in [5.41, 5.74) is 11.2. The number of aromatic amines is 1. The Kier molecular flexibility index (Phi) is 4.46. The highest BCUT2D eigenvalue weighted by Gasteiger charge is 2.39. The number of H-pyrrole nitrogens is 1. The summed E-state index contributed by atoms with van der Waals surface area (Å²) in [6, 6.07) is 15.6. The number of fused-ring (bicyclic) bond motifs is 2. The van der Waals surface area contributed by atoms with Gasteiger partial charge in [-0.15, -0.1) is 0 Å². The van der Waals surface area contributed by atoms with E-state index >= 15 is 0 Å². The Morgan fingerprint density at radius 2 is 2.07 bits per heavy atom. The molecule has 2 aliphatic carbocycles. The Morgan fingerprint density at radius 3 is 2.93 bits per heavy atom. The summed E-state index contributed by atoms with van der Waals surface area (Å²) in [6.45, 7) is 2.89. The van der Waals surface area contributed by atoms with E-state index in [0.717, 1.165) is 32.0 Å². The number of nitrogens with two attached hydrogens (primary N) is 1. The summed E-state index contributed by atoms with van der Waals surface area (Å²) < 4.78 is 0. The number of pyridine rings is 1. The zero-order valence-electron chi connectivity index (χ0n) is 15.8. The lowest BCUT2D eigenvalue weighted by atomic mass is 9.90. The molecule has 3 atom stereocenters. The average Bonchev–Trinajstić information content (AvgIpc) is 3.34. The third kappa shape index (κ3) is 3.40. The highest BCUT2D eigenvalue weighted by Crippen LogP contribution is 2.42. The molecule has 5 rings (SSSR count). The number of aryl methyl sites for hydroxylation is 1. The number of nitrogens with zero attached hydrogens (tertiary/aromatic N) is 2. The summed E-state index contributed by atoms with van der Waals surface area (Å²) in [4.78, 5) is 11.1. The van der Waals surface area contributed by atoms with Crippen LogP contribution in [0.3, 0.4) is 0 Å². The Labute approximate surface area is 160 Å². The van der Waals surface area contributed by atoms with E-state index in [1.807, 2.05) is 6.20 Å². The van der Waals surface area contributed by atoms with Crippen LogP contribution in [-0.2, 0) is 13.0 Å². The normalized spacial score (nSPS) is 24.3. The highest BCUT2D eigenvalue weighted by atomic mass is 15.2. The topological polar surface area (TPSA) is 57.9 Å². The molecule has 3 aromatic rings. The van der Waals surface area contributed by atoms with Crippen LogP contribution in [-0.4, -0.2) is 28.0 Å². The fraction of sp³-hybridized carbons (Fsp3) is 0.435. The van der Waals surface area contributed by atoms with Crippen molar-refractivity contribution in [2.45, 2.75) is 38.3 Å². The molecule has 1 unspecified atom stereocenters. The first-order chi connectivity index (χ1) is 13.3. The van der Waals surface area contributed by atoms with Gasteiger partial charge in [-0.3, -0.25) is 9.88 Å². The molecule has 4 nitrogen and oxygen atoms in total. The fourth-order valence-corrected chi connectivity index (χ4v) is 4.80. The number of hydrogen-bond acceptors (Lipinski definition) is 3. The van der Waals surface area contributed by atoms with Crippen molar-refractivity contribution in [3.05, 3.63) is 65.6 Å². The molecule has 1 aromatic carbocycles. The van der Waals surface area contributed by atoms with E-state index in [9.17, 15) is 0 Å². The second-order valence-electron chi connectivity index (χ2n) is 8.26. The molecule has 0 amide bonds. The Bertz CT molecular complexity index is 898. The van der Waals surface area contributed by atoms with Crippen molar-refractivity contribution in [1.82, 2.24) is 14.9 Å². The van der Waals surface area contributed by atoms with E-state index in [4.69, 9.17) is 10.7 Å². The van der Waals surface area contributed by atoms with Crippen molar-refractivity contribution in [2.24, 2.45) is 17.6 Å².